The van der Waals surface area contributed by atoms with Gasteiger partial charge < -0.3 is 10.1 Å². The Kier molecular flexibility index (Phi) is 4.72. The zero-order chi connectivity index (χ0) is 13.0. The predicted molar refractivity (Wildman–Crippen MR) is 73.7 cm³/mol. The molecule has 0 bridgehead atoms. The van der Waals surface area contributed by atoms with E-state index >= 15 is 0 Å². The number of ether oxygens (including phenoxy) is 1. The Balaban J connectivity index is 2.22. The summed E-state index contributed by atoms with van der Waals surface area (Å²) in [6.07, 6.45) is 2.29. The molecule has 2 heterocycles. The summed E-state index contributed by atoms with van der Waals surface area (Å²) in [4.78, 5) is 4.60. The highest BCUT2D eigenvalue weighted by Gasteiger charge is 2.26. The summed E-state index contributed by atoms with van der Waals surface area (Å²) in [5, 5.41) is 3.63. The van der Waals surface area contributed by atoms with Crippen LogP contribution in [0.5, 0.6) is 0 Å². The Morgan fingerprint density at radius 1 is 1.33 bits per heavy atom. The van der Waals surface area contributed by atoms with Gasteiger partial charge in [-0.05, 0) is 50.8 Å². The van der Waals surface area contributed by atoms with E-state index < -0.39 is 0 Å². The number of hydrogen-bond donors (Lipinski definition) is 1. The fourth-order valence-corrected chi connectivity index (χ4v) is 2.83. The van der Waals surface area contributed by atoms with Gasteiger partial charge in [-0.25, -0.2) is 0 Å². The molecule has 1 aliphatic rings. The van der Waals surface area contributed by atoms with Gasteiger partial charge >= 0.3 is 0 Å². The summed E-state index contributed by atoms with van der Waals surface area (Å²) < 4.78 is 5.47. The molecule has 0 aromatic carbocycles. The molecule has 100 valence electrons. The first kappa shape index (κ1) is 13.5. The molecule has 1 aliphatic heterocycles. The van der Waals surface area contributed by atoms with Crippen LogP contribution in [-0.2, 0) is 4.74 Å². The van der Waals surface area contributed by atoms with E-state index in [-0.39, 0.29) is 0 Å². The van der Waals surface area contributed by atoms with Crippen LogP contribution in [0.4, 0.5) is 0 Å². The smallest absolute Gasteiger partial charge is 0.0469 e. The number of aryl methyl sites for hydroxylation is 2. The van der Waals surface area contributed by atoms with E-state index in [4.69, 9.17) is 4.74 Å². The van der Waals surface area contributed by atoms with E-state index in [1.807, 2.05) is 6.92 Å². The van der Waals surface area contributed by atoms with Crippen LogP contribution in [0.15, 0.2) is 12.1 Å². The molecule has 1 fully saturated rings. The number of hydrogen-bond acceptors (Lipinski definition) is 3. The first-order chi connectivity index (χ1) is 8.72. The molecule has 3 nitrogen and oxygen atoms in total. The van der Waals surface area contributed by atoms with Crippen LogP contribution < -0.4 is 5.32 Å². The average molecular weight is 248 g/mol. The van der Waals surface area contributed by atoms with Crippen molar-refractivity contribution in [3.8, 4) is 0 Å². The van der Waals surface area contributed by atoms with Crippen LogP contribution in [0.2, 0.25) is 0 Å². The van der Waals surface area contributed by atoms with Crippen LogP contribution in [0, 0.1) is 19.8 Å². The molecule has 0 aliphatic carbocycles. The van der Waals surface area contributed by atoms with E-state index in [1.54, 1.807) is 0 Å². The van der Waals surface area contributed by atoms with Gasteiger partial charge in [0.15, 0.2) is 0 Å². The van der Waals surface area contributed by atoms with Gasteiger partial charge in [-0.2, -0.15) is 0 Å². The van der Waals surface area contributed by atoms with Crippen LogP contribution in [0.25, 0.3) is 0 Å². The van der Waals surface area contributed by atoms with Crippen molar-refractivity contribution in [2.24, 2.45) is 5.92 Å². The maximum Gasteiger partial charge on any atom is 0.0469 e. The van der Waals surface area contributed by atoms with E-state index in [0.29, 0.717) is 12.0 Å². The van der Waals surface area contributed by atoms with Crippen LogP contribution in [-0.4, -0.2) is 24.7 Å². The third-order valence-corrected chi connectivity index (χ3v) is 3.76. The fourth-order valence-electron chi connectivity index (χ4n) is 2.83. The lowest BCUT2D eigenvalue weighted by atomic mass is 9.86. The van der Waals surface area contributed by atoms with Crippen LogP contribution in [0.1, 0.15) is 42.8 Å². The quantitative estimate of drug-likeness (QED) is 0.889. The van der Waals surface area contributed by atoms with Crippen molar-refractivity contribution in [3.05, 3.63) is 29.1 Å². The SMILES string of the molecule is CCNC(c1ccc(C)nc1C)C1CCOCC1. The van der Waals surface area contributed by atoms with Crippen molar-refractivity contribution in [1.29, 1.82) is 0 Å². The molecule has 0 saturated carbocycles. The lowest BCUT2D eigenvalue weighted by molar-refractivity contribution is 0.0537. The highest BCUT2D eigenvalue weighted by atomic mass is 16.5. The second-order valence-corrected chi connectivity index (χ2v) is 5.11. The minimum absolute atomic E-state index is 0.423. The van der Waals surface area contributed by atoms with E-state index in [0.717, 1.165) is 44.0 Å². The Morgan fingerprint density at radius 2 is 2.06 bits per heavy atom. The second kappa shape index (κ2) is 6.30. The molecule has 2 rings (SSSR count). The van der Waals surface area contributed by atoms with E-state index in [2.05, 4.69) is 36.3 Å². The fraction of sp³-hybridized carbons (Fsp3) is 0.667. The van der Waals surface area contributed by atoms with Crippen molar-refractivity contribution in [2.75, 3.05) is 19.8 Å². The monoisotopic (exact) mass is 248 g/mol. The Labute approximate surface area is 110 Å². The molecular weight excluding hydrogens is 224 g/mol. The number of nitrogens with zero attached hydrogens (tertiary/aromatic N) is 1. The lowest BCUT2D eigenvalue weighted by Crippen LogP contribution is -2.32. The van der Waals surface area contributed by atoms with Gasteiger partial charge in [0.2, 0.25) is 0 Å². The van der Waals surface area contributed by atoms with Crippen molar-refractivity contribution in [2.45, 2.75) is 39.7 Å². The minimum Gasteiger partial charge on any atom is -0.381 e. The molecule has 0 amide bonds. The van der Waals surface area contributed by atoms with Crippen LogP contribution >= 0.6 is 0 Å². The van der Waals surface area contributed by atoms with Crippen LogP contribution in [0.3, 0.4) is 0 Å². The zero-order valence-electron chi connectivity index (χ0n) is 11.7. The number of rotatable bonds is 4. The number of aromatic nitrogens is 1. The second-order valence-electron chi connectivity index (χ2n) is 5.11. The molecule has 1 aromatic heterocycles. The first-order valence-corrected chi connectivity index (χ1v) is 6.97. The molecule has 0 radical (unpaired) electrons. The Bertz CT molecular complexity index is 386. The summed E-state index contributed by atoms with van der Waals surface area (Å²) in [5.74, 6) is 0.668. The molecular formula is C15H24N2O. The summed E-state index contributed by atoms with van der Waals surface area (Å²) in [6.45, 7) is 9.12. The Hall–Kier alpha value is -0.930. The number of pyridine rings is 1. The minimum atomic E-state index is 0.423. The van der Waals surface area contributed by atoms with E-state index in [9.17, 15) is 0 Å². The highest BCUT2D eigenvalue weighted by molar-refractivity contribution is 5.26. The van der Waals surface area contributed by atoms with Crippen molar-refractivity contribution in [3.63, 3.8) is 0 Å². The summed E-state index contributed by atoms with van der Waals surface area (Å²) in [6, 6.07) is 4.78. The molecule has 1 saturated heterocycles. The number of nitrogens with one attached hydrogen (secondary N) is 1. The largest absolute Gasteiger partial charge is 0.381 e. The molecule has 18 heavy (non-hydrogen) atoms. The van der Waals surface area contributed by atoms with Gasteiger partial charge in [-0.1, -0.05) is 13.0 Å². The van der Waals surface area contributed by atoms with Crippen molar-refractivity contribution >= 4 is 0 Å². The molecule has 1 N–H and O–H groups in total. The van der Waals surface area contributed by atoms with Gasteiger partial charge in [-0.3, -0.25) is 4.98 Å². The predicted octanol–water partition coefficient (Wildman–Crippen LogP) is 2.78. The third kappa shape index (κ3) is 3.09. The molecule has 1 unspecified atom stereocenters. The van der Waals surface area contributed by atoms with E-state index in [1.165, 1.54) is 5.56 Å². The summed E-state index contributed by atoms with van der Waals surface area (Å²) in [5.41, 5.74) is 3.61. The molecule has 1 aromatic rings. The zero-order valence-corrected chi connectivity index (χ0v) is 11.7. The van der Waals surface area contributed by atoms with Gasteiger partial charge in [0.05, 0.1) is 0 Å². The first-order valence-electron chi connectivity index (χ1n) is 6.97. The maximum atomic E-state index is 5.47. The lowest BCUT2D eigenvalue weighted by Gasteiger charge is -2.32. The topological polar surface area (TPSA) is 34.2 Å². The maximum absolute atomic E-state index is 5.47. The highest BCUT2D eigenvalue weighted by Crippen LogP contribution is 2.31. The Morgan fingerprint density at radius 3 is 2.67 bits per heavy atom. The molecule has 0 spiro atoms. The summed E-state index contributed by atoms with van der Waals surface area (Å²) >= 11 is 0. The van der Waals surface area contributed by atoms with Crippen molar-refractivity contribution < 1.29 is 4.74 Å². The molecule has 3 heteroatoms. The molecule has 1 atom stereocenters. The standard InChI is InChI=1S/C15H24N2O/c1-4-16-15(13-7-9-18-10-8-13)14-6-5-11(2)17-12(14)3/h5-6,13,15-16H,4,7-10H2,1-3H3. The normalized spacial score (nSPS) is 18.8. The van der Waals surface area contributed by atoms with Gasteiger partial charge in [0, 0.05) is 30.6 Å². The third-order valence-electron chi connectivity index (χ3n) is 3.76. The average Bonchev–Trinajstić information content (AvgIpc) is 2.38. The summed E-state index contributed by atoms with van der Waals surface area (Å²) in [7, 11) is 0. The van der Waals surface area contributed by atoms with Crippen molar-refractivity contribution in [1.82, 2.24) is 10.3 Å². The van der Waals surface area contributed by atoms with Gasteiger partial charge in [0.25, 0.3) is 0 Å². The van der Waals surface area contributed by atoms with Gasteiger partial charge in [-0.15, -0.1) is 0 Å². The van der Waals surface area contributed by atoms with Gasteiger partial charge in [0.1, 0.15) is 0 Å².